The molecule has 1 aliphatic rings. The second kappa shape index (κ2) is 10.8. The quantitative estimate of drug-likeness (QED) is 0.453. The Hall–Kier alpha value is -2.57. The van der Waals surface area contributed by atoms with Crippen LogP contribution in [-0.2, 0) is 19.1 Å². The molecule has 8 heteroatoms. The van der Waals surface area contributed by atoms with Crippen molar-refractivity contribution < 1.29 is 24.2 Å². The number of amides is 1. The number of aliphatic carboxylic acids is 1. The van der Waals surface area contributed by atoms with Crippen LogP contribution >= 0.6 is 23.2 Å². The van der Waals surface area contributed by atoms with Gasteiger partial charge in [-0.05, 0) is 54.2 Å². The molecule has 0 radical (unpaired) electrons. The van der Waals surface area contributed by atoms with E-state index in [0.29, 0.717) is 22.0 Å². The molecule has 1 heterocycles. The van der Waals surface area contributed by atoms with Gasteiger partial charge in [-0.25, -0.2) is 4.79 Å². The summed E-state index contributed by atoms with van der Waals surface area (Å²) < 4.78 is 5.31. The van der Waals surface area contributed by atoms with Gasteiger partial charge in [0, 0.05) is 22.4 Å². The van der Waals surface area contributed by atoms with Crippen molar-refractivity contribution in [3.05, 3.63) is 69.7 Å². The van der Waals surface area contributed by atoms with Crippen molar-refractivity contribution >= 4 is 41.0 Å². The fourth-order valence-electron chi connectivity index (χ4n) is 5.17. The number of piperidine rings is 1. The summed E-state index contributed by atoms with van der Waals surface area (Å²) in [6.45, 7) is 5.54. The van der Waals surface area contributed by atoms with Crippen LogP contribution < -0.4 is 0 Å². The first-order valence-electron chi connectivity index (χ1n) is 11.3. The van der Waals surface area contributed by atoms with Crippen LogP contribution in [0.2, 0.25) is 10.0 Å². The maximum absolute atomic E-state index is 13.7. The highest BCUT2D eigenvalue weighted by molar-refractivity contribution is 6.31. The molecule has 1 N–H and O–H groups in total. The molecule has 1 aliphatic heterocycles. The van der Waals surface area contributed by atoms with Gasteiger partial charge in [0.05, 0.1) is 19.1 Å². The molecule has 6 nitrogen and oxygen atoms in total. The summed E-state index contributed by atoms with van der Waals surface area (Å²) in [6, 6.07) is 12.9. The van der Waals surface area contributed by atoms with Crippen LogP contribution in [0.25, 0.3) is 0 Å². The second-order valence-electron chi connectivity index (χ2n) is 8.91. The van der Waals surface area contributed by atoms with E-state index in [1.54, 1.807) is 48.2 Å². The largest absolute Gasteiger partial charge is 0.481 e. The summed E-state index contributed by atoms with van der Waals surface area (Å²) >= 11 is 12.7. The molecule has 3 rings (SSSR count). The number of ether oxygens (including phenoxy) is 1. The van der Waals surface area contributed by atoms with Crippen LogP contribution in [0.3, 0.4) is 0 Å². The smallest absolute Gasteiger partial charge is 0.328 e. The van der Waals surface area contributed by atoms with Gasteiger partial charge in [-0.3, -0.25) is 9.59 Å². The SMILES string of the molecule is CCOC(=O)[C@H](CC)N1C(=O)C[C@@](C)(CC(=O)O)[C@H](c2cccc(Cl)c2)[C@H]1c1cccc(Cl)c1. The predicted octanol–water partition coefficient (Wildman–Crippen LogP) is 5.87. The molecule has 182 valence electrons. The van der Waals surface area contributed by atoms with Crippen molar-refractivity contribution in [1.29, 1.82) is 0 Å². The third-order valence-electron chi connectivity index (χ3n) is 6.44. The van der Waals surface area contributed by atoms with E-state index in [1.807, 2.05) is 26.0 Å². The van der Waals surface area contributed by atoms with Crippen LogP contribution in [0.15, 0.2) is 48.5 Å². The van der Waals surface area contributed by atoms with E-state index in [2.05, 4.69) is 0 Å². The second-order valence-corrected chi connectivity index (χ2v) is 9.78. The molecule has 1 amide bonds. The monoisotopic (exact) mass is 505 g/mol. The molecular formula is C26H29Cl2NO5. The Labute approximate surface area is 209 Å². The Morgan fingerprint density at radius 2 is 1.71 bits per heavy atom. The van der Waals surface area contributed by atoms with E-state index in [0.717, 1.165) is 5.56 Å². The van der Waals surface area contributed by atoms with Crippen molar-refractivity contribution in [2.24, 2.45) is 5.41 Å². The summed E-state index contributed by atoms with van der Waals surface area (Å²) in [7, 11) is 0. The zero-order valence-electron chi connectivity index (χ0n) is 19.5. The van der Waals surface area contributed by atoms with Gasteiger partial charge in [-0.15, -0.1) is 0 Å². The van der Waals surface area contributed by atoms with E-state index in [9.17, 15) is 19.5 Å². The van der Waals surface area contributed by atoms with Gasteiger partial charge in [0.2, 0.25) is 5.91 Å². The molecule has 34 heavy (non-hydrogen) atoms. The van der Waals surface area contributed by atoms with Gasteiger partial charge in [0.1, 0.15) is 6.04 Å². The standard InChI is InChI=1S/C26H29Cl2NO5/c1-4-20(25(33)34-5-2)29-21(30)14-26(3,15-22(31)32)23(16-8-6-10-18(27)12-16)24(29)17-9-7-11-19(28)13-17/h6-13,20,23-24H,4-5,14-15H2,1-3H3,(H,31,32)/t20-,23+,24+,26-/m0/s1. The molecule has 2 aromatic rings. The highest BCUT2D eigenvalue weighted by Gasteiger charge is 2.53. The van der Waals surface area contributed by atoms with Gasteiger partial charge in [0.15, 0.2) is 0 Å². The lowest BCUT2D eigenvalue weighted by Crippen LogP contribution is -2.56. The van der Waals surface area contributed by atoms with Crippen molar-refractivity contribution in [3.8, 4) is 0 Å². The van der Waals surface area contributed by atoms with Crippen LogP contribution in [0.4, 0.5) is 0 Å². The Balaban J connectivity index is 2.30. The lowest BCUT2D eigenvalue weighted by atomic mass is 9.61. The summed E-state index contributed by atoms with van der Waals surface area (Å²) in [6.07, 6.45) is 0.0834. The van der Waals surface area contributed by atoms with Crippen LogP contribution in [-0.4, -0.2) is 40.5 Å². The molecule has 0 aliphatic carbocycles. The van der Waals surface area contributed by atoms with E-state index in [-0.39, 0.29) is 25.4 Å². The van der Waals surface area contributed by atoms with Crippen molar-refractivity contribution in [2.45, 2.75) is 58.0 Å². The number of hydrogen-bond acceptors (Lipinski definition) is 4. The zero-order chi connectivity index (χ0) is 25.0. The first-order valence-corrected chi connectivity index (χ1v) is 12.1. The van der Waals surface area contributed by atoms with Gasteiger partial charge in [-0.1, -0.05) is 61.3 Å². The molecule has 0 saturated carbocycles. The van der Waals surface area contributed by atoms with E-state index in [1.165, 1.54) is 0 Å². The van der Waals surface area contributed by atoms with E-state index < -0.39 is 35.4 Å². The highest BCUT2D eigenvalue weighted by Crippen LogP contribution is 2.56. The molecule has 0 bridgehead atoms. The Kier molecular flexibility index (Phi) is 8.26. The molecular weight excluding hydrogens is 477 g/mol. The summed E-state index contributed by atoms with van der Waals surface area (Å²) in [5.41, 5.74) is 0.562. The van der Waals surface area contributed by atoms with E-state index in [4.69, 9.17) is 27.9 Å². The number of halogens is 2. The molecule has 0 aromatic heterocycles. The fourth-order valence-corrected chi connectivity index (χ4v) is 5.57. The van der Waals surface area contributed by atoms with Gasteiger partial charge >= 0.3 is 11.9 Å². The van der Waals surface area contributed by atoms with Crippen molar-refractivity contribution in [1.82, 2.24) is 4.90 Å². The molecule has 0 spiro atoms. The normalized spacial score (nSPS) is 23.4. The van der Waals surface area contributed by atoms with Crippen LogP contribution in [0, 0.1) is 5.41 Å². The number of likely N-dealkylation sites (tertiary alicyclic amines) is 1. The van der Waals surface area contributed by atoms with E-state index >= 15 is 0 Å². The molecule has 0 unspecified atom stereocenters. The minimum Gasteiger partial charge on any atom is -0.481 e. The number of nitrogens with zero attached hydrogens (tertiary/aromatic N) is 1. The Morgan fingerprint density at radius 1 is 1.12 bits per heavy atom. The number of carbonyl (C=O) groups excluding carboxylic acids is 2. The number of carboxylic acids is 1. The average molecular weight is 506 g/mol. The number of hydrogen-bond donors (Lipinski definition) is 1. The third-order valence-corrected chi connectivity index (χ3v) is 6.91. The molecule has 2 aromatic carbocycles. The molecule has 1 fully saturated rings. The van der Waals surface area contributed by atoms with Crippen LogP contribution in [0.1, 0.15) is 63.1 Å². The minimum absolute atomic E-state index is 0.0382. The van der Waals surface area contributed by atoms with Gasteiger partial charge in [0.25, 0.3) is 0 Å². The Bertz CT molecular complexity index is 1070. The summed E-state index contributed by atoms with van der Waals surface area (Å²) in [5, 5.41) is 10.7. The Morgan fingerprint density at radius 3 is 2.24 bits per heavy atom. The number of benzene rings is 2. The van der Waals surface area contributed by atoms with Crippen molar-refractivity contribution in [2.75, 3.05) is 6.61 Å². The number of carboxylic acid groups (broad SMARTS) is 1. The summed E-state index contributed by atoms with van der Waals surface area (Å²) in [4.78, 5) is 40.1. The first-order chi connectivity index (χ1) is 16.1. The van der Waals surface area contributed by atoms with Crippen LogP contribution in [0.5, 0.6) is 0 Å². The molecule has 4 atom stereocenters. The first kappa shape index (κ1) is 26.0. The van der Waals surface area contributed by atoms with Gasteiger partial charge in [-0.2, -0.15) is 0 Å². The lowest BCUT2D eigenvalue weighted by Gasteiger charge is -2.52. The lowest BCUT2D eigenvalue weighted by molar-refractivity contribution is -0.165. The predicted molar refractivity (Wildman–Crippen MR) is 131 cm³/mol. The van der Waals surface area contributed by atoms with Crippen molar-refractivity contribution in [3.63, 3.8) is 0 Å². The minimum atomic E-state index is -1.00. The van der Waals surface area contributed by atoms with Gasteiger partial charge < -0.3 is 14.7 Å². The number of esters is 1. The third kappa shape index (κ3) is 5.39. The maximum Gasteiger partial charge on any atom is 0.328 e. The number of rotatable bonds is 8. The molecule has 1 saturated heterocycles. The summed E-state index contributed by atoms with van der Waals surface area (Å²) in [5.74, 6) is -2.26. The number of carbonyl (C=O) groups is 3. The average Bonchev–Trinajstić information content (AvgIpc) is 2.74. The topological polar surface area (TPSA) is 83.9 Å². The highest BCUT2D eigenvalue weighted by atomic mass is 35.5. The fraction of sp³-hybridized carbons (Fsp3) is 0.423. The maximum atomic E-state index is 13.7. The zero-order valence-corrected chi connectivity index (χ0v) is 21.0.